The van der Waals surface area contributed by atoms with E-state index in [4.69, 9.17) is 4.98 Å². The van der Waals surface area contributed by atoms with Crippen molar-refractivity contribution >= 4 is 17.7 Å². The molecule has 6 heteroatoms. The first-order chi connectivity index (χ1) is 12.8. The van der Waals surface area contributed by atoms with Crippen LogP contribution in [0.1, 0.15) is 51.4 Å². The van der Waals surface area contributed by atoms with Crippen LogP contribution in [0.2, 0.25) is 0 Å². The summed E-state index contributed by atoms with van der Waals surface area (Å²) in [4.78, 5) is 28.7. The predicted molar refractivity (Wildman–Crippen MR) is 103 cm³/mol. The molecule has 2 aliphatic heterocycles. The van der Waals surface area contributed by atoms with Crippen LogP contribution in [-0.4, -0.2) is 60.0 Å². The molecule has 0 N–H and O–H groups in total. The number of carbonyl (C=O) groups excluding carboxylic acids is 1. The number of aromatic nitrogens is 2. The molecule has 1 aromatic rings. The van der Waals surface area contributed by atoms with Crippen molar-refractivity contribution in [3.63, 3.8) is 0 Å². The Morgan fingerprint density at radius 2 is 1.54 bits per heavy atom. The second kappa shape index (κ2) is 8.23. The van der Waals surface area contributed by atoms with Gasteiger partial charge in [-0.25, -0.2) is 4.98 Å². The van der Waals surface area contributed by atoms with Crippen LogP contribution in [0.3, 0.4) is 0 Å². The monoisotopic (exact) mass is 357 g/mol. The Kier molecular flexibility index (Phi) is 5.56. The van der Waals surface area contributed by atoms with E-state index in [-0.39, 0.29) is 5.92 Å². The highest BCUT2D eigenvalue weighted by atomic mass is 16.2. The summed E-state index contributed by atoms with van der Waals surface area (Å²) in [6.07, 6.45) is 11.6. The number of piperazine rings is 1. The van der Waals surface area contributed by atoms with E-state index in [9.17, 15) is 4.79 Å². The minimum Gasteiger partial charge on any atom is -0.353 e. The first kappa shape index (κ1) is 17.6. The van der Waals surface area contributed by atoms with E-state index in [0.717, 1.165) is 63.9 Å². The highest BCUT2D eigenvalue weighted by Gasteiger charge is 2.29. The lowest BCUT2D eigenvalue weighted by molar-refractivity contribution is -0.136. The highest BCUT2D eigenvalue weighted by Crippen LogP contribution is 2.26. The first-order valence-corrected chi connectivity index (χ1v) is 10.4. The molecular formula is C20H31N5O. The van der Waals surface area contributed by atoms with Gasteiger partial charge in [0.25, 0.3) is 0 Å². The molecule has 0 bridgehead atoms. The topological polar surface area (TPSA) is 52.6 Å². The molecule has 1 amide bonds. The van der Waals surface area contributed by atoms with Gasteiger partial charge >= 0.3 is 0 Å². The number of piperidine rings is 1. The zero-order valence-corrected chi connectivity index (χ0v) is 15.8. The Balaban J connectivity index is 1.35. The van der Waals surface area contributed by atoms with Gasteiger partial charge in [0.1, 0.15) is 5.82 Å². The van der Waals surface area contributed by atoms with Crippen LogP contribution in [-0.2, 0) is 4.79 Å². The van der Waals surface area contributed by atoms with E-state index in [1.165, 1.54) is 38.5 Å². The lowest BCUT2D eigenvalue weighted by Crippen LogP contribution is -2.50. The molecule has 3 aliphatic rings. The van der Waals surface area contributed by atoms with Crippen LogP contribution in [0, 0.1) is 5.92 Å². The van der Waals surface area contributed by atoms with E-state index in [2.05, 4.69) is 19.7 Å². The van der Waals surface area contributed by atoms with Crippen LogP contribution < -0.4 is 9.80 Å². The van der Waals surface area contributed by atoms with Gasteiger partial charge in [-0.1, -0.05) is 19.3 Å². The molecule has 0 spiro atoms. The lowest BCUT2D eigenvalue weighted by atomic mass is 9.88. The van der Waals surface area contributed by atoms with Crippen LogP contribution in [0.25, 0.3) is 0 Å². The molecule has 0 unspecified atom stereocenters. The second-order valence-corrected chi connectivity index (χ2v) is 7.91. The third-order valence-electron chi connectivity index (χ3n) is 6.14. The zero-order chi connectivity index (χ0) is 17.8. The zero-order valence-electron chi connectivity index (χ0n) is 15.8. The van der Waals surface area contributed by atoms with Gasteiger partial charge in [0.2, 0.25) is 11.9 Å². The van der Waals surface area contributed by atoms with Crippen LogP contribution in [0.4, 0.5) is 11.8 Å². The maximum absolute atomic E-state index is 12.7. The summed E-state index contributed by atoms with van der Waals surface area (Å²) in [6, 6.07) is 2.01. The van der Waals surface area contributed by atoms with Gasteiger partial charge < -0.3 is 14.7 Å². The Morgan fingerprint density at radius 1 is 0.846 bits per heavy atom. The summed E-state index contributed by atoms with van der Waals surface area (Å²) in [6.45, 7) is 5.50. The number of anilines is 2. The average molecular weight is 358 g/mol. The van der Waals surface area contributed by atoms with Gasteiger partial charge in [0.15, 0.2) is 0 Å². The van der Waals surface area contributed by atoms with Crippen molar-refractivity contribution in [2.45, 2.75) is 51.4 Å². The maximum atomic E-state index is 12.7. The summed E-state index contributed by atoms with van der Waals surface area (Å²) >= 11 is 0. The highest BCUT2D eigenvalue weighted by molar-refractivity contribution is 5.79. The van der Waals surface area contributed by atoms with E-state index in [1.807, 2.05) is 12.3 Å². The van der Waals surface area contributed by atoms with E-state index in [0.29, 0.717) is 5.91 Å². The van der Waals surface area contributed by atoms with Crippen molar-refractivity contribution in [2.75, 3.05) is 49.1 Å². The fourth-order valence-corrected chi connectivity index (χ4v) is 4.53. The Morgan fingerprint density at radius 3 is 2.27 bits per heavy atom. The average Bonchev–Trinajstić information content (AvgIpc) is 2.75. The fourth-order valence-electron chi connectivity index (χ4n) is 4.53. The third kappa shape index (κ3) is 3.94. The second-order valence-electron chi connectivity index (χ2n) is 7.91. The van der Waals surface area contributed by atoms with Gasteiger partial charge in [0.05, 0.1) is 0 Å². The van der Waals surface area contributed by atoms with E-state index >= 15 is 0 Å². The normalized spacial score (nSPS) is 22.5. The molecule has 4 rings (SSSR count). The number of hydrogen-bond donors (Lipinski definition) is 0. The number of amides is 1. The maximum Gasteiger partial charge on any atom is 0.227 e. The Hall–Kier alpha value is -1.85. The number of nitrogens with zero attached hydrogens (tertiary/aromatic N) is 5. The van der Waals surface area contributed by atoms with Gasteiger partial charge in [-0.3, -0.25) is 4.79 Å². The molecule has 3 heterocycles. The molecule has 26 heavy (non-hydrogen) atoms. The number of rotatable bonds is 3. The van der Waals surface area contributed by atoms with Crippen LogP contribution in [0.5, 0.6) is 0 Å². The van der Waals surface area contributed by atoms with Crippen LogP contribution >= 0.6 is 0 Å². The number of hydrogen-bond acceptors (Lipinski definition) is 5. The van der Waals surface area contributed by atoms with Crippen molar-refractivity contribution in [2.24, 2.45) is 5.92 Å². The predicted octanol–water partition coefficient (Wildman–Crippen LogP) is 2.70. The van der Waals surface area contributed by atoms with Crippen molar-refractivity contribution in [3.8, 4) is 0 Å². The van der Waals surface area contributed by atoms with Crippen molar-refractivity contribution in [3.05, 3.63) is 12.3 Å². The Labute approximate surface area is 156 Å². The number of carbonyl (C=O) groups is 1. The van der Waals surface area contributed by atoms with Crippen molar-refractivity contribution in [1.82, 2.24) is 14.9 Å². The molecule has 1 saturated carbocycles. The smallest absolute Gasteiger partial charge is 0.227 e. The largest absolute Gasteiger partial charge is 0.353 e. The minimum absolute atomic E-state index is 0.278. The molecule has 1 aliphatic carbocycles. The summed E-state index contributed by atoms with van der Waals surface area (Å²) in [7, 11) is 0. The van der Waals surface area contributed by atoms with Gasteiger partial charge in [-0.2, -0.15) is 4.98 Å². The molecule has 6 nitrogen and oxygen atoms in total. The fraction of sp³-hybridized carbons (Fsp3) is 0.750. The standard InChI is InChI=1S/C20H31N5O/c26-19(17-7-3-1-4-8-17)24-15-13-23(14-16-24)18-9-10-21-20(22-18)25-11-5-2-6-12-25/h9-10,17H,1-8,11-16H2. The summed E-state index contributed by atoms with van der Waals surface area (Å²) in [5.74, 6) is 2.54. The first-order valence-electron chi connectivity index (χ1n) is 10.4. The SMILES string of the molecule is O=C(C1CCCCC1)N1CCN(c2ccnc(N3CCCCC3)n2)CC1. The quantitative estimate of drug-likeness (QED) is 0.832. The van der Waals surface area contributed by atoms with Crippen molar-refractivity contribution in [1.29, 1.82) is 0 Å². The summed E-state index contributed by atoms with van der Waals surface area (Å²) < 4.78 is 0. The molecule has 3 fully saturated rings. The molecule has 0 aromatic carbocycles. The molecule has 142 valence electrons. The minimum atomic E-state index is 0.278. The van der Waals surface area contributed by atoms with Crippen LogP contribution in [0.15, 0.2) is 12.3 Å². The van der Waals surface area contributed by atoms with Gasteiger partial charge in [-0.15, -0.1) is 0 Å². The Bertz CT molecular complexity index is 602. The molecule has 1 aromatic heterocycles. The third-order valence-corrected chi connectivity index (χ3v) is 6.14. The van der Waals surface area contributed by atoms with Gasteiger partial charge in [0, 0.05) is 51.4 Å². The molecule has 2 saturated heterocycles. The summed E-state index contributed by atoms with van der Waals surface area (Å²) in [5.41, 5.74) is 0. The van der Waals surface area contributed by atoms with Gasteiger partial charge in [-0.05, 0) is 38.2 Å². The molecule has 0 radical (unpaired) electrons. The lowest BCUT2D eigenvalue weighted by Gasteiger charge is -2.38. The van der Waals surface area contributed by atoms with E-state index in [1.54, 1.807) is 0 Å². The summed E-state index contributed by atoms with van der Waals surface area (Å²) in [5, 5.41) is 0. The molecular weight excluding hydrogens is 326 g/mol. The van der Waals surface area contributed by atoms with Crippen molar-refractivity contribution < 1.29 is 4.79 Å². The van der Waals surface area contributed by atoms with E-state index < -0.39 is 0 Å². The molecule has 0 atom stereocenters.